The molecule has 2 N–H and O–H groups in total. The number of hydrogen-bond donors (Lipinski definition) is 2. The second kappa shape index (κ2) is 8.32. The van der Waals surface area contributed by atoms with Crippen LogP contribution in [0.25, 0.3) is 11.1 Å². The van der Waals surface area contributed by atoms with Crippen molar-refractivity contribution in [2.45, 2.75) is 38.8 Å². The molecule has 0 fully saturated rings. The number of aromatic nitrogens is 4. The summed E-state index contributed by atoms with van der Waals surface area (Å²) in [5, 5.41) is 26.2. The first kappa shape index (κ1) is 20.4. The number of nitrogens with one attached hydrogen (secondary N) is 1. The molecule has 3 rings (SSSR count). The summed E-state index contributed by atoms with van der Waals surface area (Å²) in [5.41, 5.74) is 1.73. The minimum absolute atomic E-state index is 0.00160. The van der Waals surface area contributed by atoms with Crippen LogP contribution in [0, 0.1) is 18.3 Å². The Bertz CT molecular complexity index is 1040. The lowest BCUT2D eigenvalue weighted by Crippen LogP contribution is -2.30. The first-order valence-corrected chi connectivity index (χ1v) is 8.88. The molecule has 3 aromatic rings. The average Bonchev–Trinajstić information content (AvgIpc) is 3.09. The number of alkyl halides is 2. The van der Waals surface area contributed by atoms with Gasteiger partial charge in [0.25, 0.3) is 6.43 Å². The van der Waals surface area contributed by atoms with E-state index in [0.717, 1.165) is 16.7 Å². The molecule has 0 aliphatic rings. The van der Waals surface area contributed by atoms with Gasteiger partial charge < -0.3 is 10.4 Å². The minimum Gasteiger partial charge on any atom is -0.387 e. The minimum atomic E-state index is -2.67. The fourth-order valence-corrected chi connectivity index (χ4v) is 2.88. The summed E-state index contributed by atoms with van der Waals surface area (Å²) in [6.07, 6.45) is 2.05. The van der Waals surface area contributed by atoms with Gasteiger partial charge in [-0.15, -0.1) is 0 Å². The van der Waals surface area contributed by atoms with Crippen LogP contribution in [0.4, 0.5) is 20.4 Å². The van der Waals surface area contributed by atoms with Crippen molar-refractivity contribution in [2.24, 2.45) is 0 Å². The van der Waals surface area contributed by atoms with Crippen LogP contribution in [-0.4, -0.2) is 30.5 Å². The van der Waals surface area contributed by atoms with Gasteiger partial charge in [0.1, 0.15) is 5.69 Å². The molecular formula is C20H20F2N6O. The average molecular weight is 398 g/mol. The highest BCUT2D eigenvalue weighted by molar-refractivity contribution is 5.70. The van der Waals surface area contributed by atoms with Crippen molar-refractivity contribution in [3.63, 3.8) is 0 Å². The van der Waals surface area contributed by atoms with E-state index in [0.29, 0.717) is 5.69 Å². The van der Waals surface area contributed by atoms with Crippen LogP contribution in [0.15, 0.2) is 42.9 Å². The van der Waals surface area contributed by atoms with Gasteiger partial charge in [0.15, 0.2) is 0 Å². The van der Waals surface area contributed by atoms with Crippen LogP contribution < -0.4 is 5.32 Å². The summed E-state index contributed by atoms with van der Waals surface area (Å²) in [6, 6.07) is 8.77. The van der Waals surface area contributed by atoms with E-state index in [2.05, 4.69) is 20.4 Å². The van der Waals surface area contributed by atoms with Crippen molar-refractivity contribution >= 4 is 11.6 Å². The van der Waals surface area contributed by atoms with Crippen molar-refractivity contribution in [2.75, 3.05) is 5.32 Å². The third kappa shape index (κ3) is 5.33. The molecule has 7 nitrogen and oxygen atoms in total. The number of rotatable bonds is 7. The van der Waals surface area contributed by atoms with E-state index in [9.17, 15) is 13.9 Å². The zero-order valence-electron chi connectivity index (χ0n) is 16.0. The number of benzene rings is 1. The van der Waals surface area contributed by atoms with Gasteiger partial charge in [-0.2, -0.15) is 10.4 Å². The molecule has 0 aliphatic heterocycles. The molecule has 0 spiro atoms. The van der Waals surface area contributed by atoms with Crippen molar-refractivity contribution in [3.05, 3.63) is 54.1 Å². The van der Waals surface area contributed by atoms with Crippen LogP contribution in [0.5, 0.6) is 0 Å². The fourth-order valence-electron chi connectivity index (χ4n) is 2.88. The second-order valence-corrected chi connectivity index (χ2v) is 7.08. The van der Waals surface area contributed by atoms with E-state index < -0.39 is 12.0 Å². The smallest absolute Gasteiger partial charge is 0.280 e. The molecule has 29 heavy (non-hydrogen) atoms. The monoisotopic (exact) mass is 398 g/mol. The van der Waals surface area contributed by atoms with Crippen molar-refractivity contribution < 1.29 is 13.9 Å². The summed E-state index contributed by atoms with van der Waals surface area (Å²) in [7, 11) is 0. The zero-order chi connectivity index (χ0) is 21.0. The lowest BCUT2D eigenvalue weighted by atomic mass is 10.0. The number of aryl methyl sites for hydroxylation is 1. The quantitative estimate of drug-likeness (QED) is 0.624. The Kier molecular flexibility index (Phi) is 5.84. The predicted octanol–water partition coefficient (Wildman–Crippen LogP) is 3.99. The molecule has 2 heterocycles. The van der Waals surface area contributed by atoms with E-state index in [1.54, 1.807) is 24.0 Å². The maximum atomic E-state index is 12.8. The molecule has 1 aromatic carbocycles. The first-order chi connectivity index (χ1) is 13.8. The van der Waals surface area contributed by atoms with Gasteiger partial charge in [0.2, 0.25) is 5.95 Å². The summed E-state index contributed by atoms with van der Waals surface area (Å²) in [5.74, 6) is 0.0857. The molecule has 0 bridgehead atoms. The van der Waals surface area contributed by atoms with E-state index in [1.807, 2.05) is 31.2 Å². The van der Waals surface area contributed by atoms with E-state index in [4.69, 9.17) is 5.26 Å². The van der Waals surface area contributed by atoms with Crippen LogP contribution in [-0.2, 0) is 6.54 Å². The molecule has 1 atom stereocenters. The Morgan fingerprint density at radius 1 is 1.31 bits per heavy atom. The summed E-state index contributed by atoms with van der Waals surface area (Å²) in [4.78, 5) is 7.80. The highest BCUT2D eigenvalue weighted by Gasteiger charge is 2.21. The number of anilines is 2. The first-order valence-electron chi connectivity index (χ1n) is 8.88. The van der Waals surface area contributed by atoms with Crippen LogP contribution in [0.1, 0.15) is 31.0 Å². The molecule has 0 aliphatic carbocycles. The molecule has 0 amide bonds. The van der Waals surface area contributed by atoms with E-state index >= 15 is 0 Å². The molecule has 1 unspecified atom stereocenters. The van der Waals surface area contributed by atoms with Gasteiger partial charge in [-0.3, -0.25) is 4.68 Å². The SMILES string of the molecule is Cc1cc(Nc2nccc(C(F)F)n2)cc(-c2cnn(CC(C)(O)CC#N)c2)c1. The van der Waals surface area contributed by atoms with Crippen molar-refractivity contribution in [3.8, 4) is 17.2 Å². The lowest BCUT2D eigenvalue weighted by Gasteiger charge is -2.19. The third-order valence-corrected chi connectivity index (χ3v) is 4.16. The summed E-state index contributed by atoms with van der Waals surface area (Å²) >= 11 is 0. The number of aliphatic hydroxyl groups is 1. The molecule has 0 saturated carbocycles. The van der Waals surface area contributed by atoms with Gasteiger partial charge in [-0.05, 0) is 43.2 Å². The van der Waals surface area contributed by atoms with Crippen LogP contribution >= 0.6 is 0 Å². The second-order valence-electron chi connectivity index (χ2n) is 7.08. The zero-order valence-corrected chi connectivity index (χ0v) is 16.0. The molecular weight excluding hydrogens is 378 g/mol. The highest BCUT2D eigenvalue weighted by Crippen LogP contribution is 2.27. The summed E-state index contributed by atoms with van der Waals surface area (Å²) < 4.78 is 27.3. The van der Waals surface area contributed by atoms with Gasteiger partial charge in [-0.25, -0.2) is 18.7 Å². The Labute approximate surface area is 166 Å². The van der Waals surface area contributed by atoms with Crippen molar-refractivity contribution in [1.29, 1.82) is 5.26 Å². The number of hydrogen-bond acceptors (Lipinski definition) is 6. The van der Waals surface area contributed by atoms with Gasteiger partial charge >= 0.3 is 0 Å². The molecule has 2 aromatic heterocycles. The highest BCUT2D eigenvalue weighted by atomic mass is 19.3. The summed E-state index contributed by atoms with van der Waals surface area (Å²) in [6.45, 7) is 3.68. The molecule has 150 valence electrons. The Morgan fingerprint density at radius 3 is 2.83 bits per heavy atom. The normalized spacial score (nSPS) is 13.1. The maximum Gasteiger partial charge on any atom is 0.280 e. The molecule has 0 radical (unpaired) electrons. The van der Waals surface area contributed by atoms with Crippen LogP contribution in [0.2, 0.25) is 0 Å². The third-order valence-electron chi connectivity index (χ3n) is 4.16. The Morgan fingerprint density at radius 2 is 2.10 bits per heavy atom. The lowest BCUT2D eigenvalue weighted by molar-refractivity contribution is 0.0430. The number of nitriles is 1. The topological polar surface area (TPSA) is 99.7 Å². The Hall–Kier alpha value is -3.38. The fraction of sp³-hybridized carbons (Fsp3) is 0.300. The van der Waals surface area contributed by atoms with Crippen molar-refractivity contribution in [1.82, 2.24) is 19.7 Å². The predicted molar refractivity (Wildman–Crippen MR) is 104 cm³/mol. The number of halogens is 2. The van der Waals surface area contributed by atoms with E-state index in [1.165, 1.54) is 12.3 Å². The van der Waals surface area contributed by atoms with Gasteiger partial charge in [0.05, 0.1) is 30.8 Å². The van der Waals surface area contributed by atoms with Gasteiger partial charge in [0, 0.05) is 23.6 Å². The number of nitrogens with zero attached hydrogens (tertiary/aromatic N) is 5. The van der Waals surface area contributed by atoms with Gasteiger partial charge in [-0.1, -0.05) is 6.07 Å². The van der Waals surface area contributed by atoms with Crippen LogP contribution in [0.3, 0.4) is 0 Å². The molecule has 9 heteroatoms. The molecule has 0 saturated heterocycles. The maximum absolute atomic E-state index is 12.8. The van der Waals surface area contributed by atoms with E-state index in [-0.39, 0.29) is 24.6 Å². The largest absolute Gasteiger partial charge is 0.387 e. The standard InChI is InChI=1S/C20H20F2N6O/c1-13-7-14(15-10-25-28(11-15)12-20(2,29)4-5-23)9-16(8-13)26-19-24-6-3-17(27-19)18(21)22/h3,6-11,18,29H,4,12H2,1-2H3,(H,24,26,27). The Balaban J connectivity index is 1.83.